The predicted molar refractivity (Wildman–Crippen MR) is 111 cm³/mol. The molecule has 2 N–H and O–H groups in total. The second-order valence-corrected chi connectivity index (χ2v) is 6.88. The lowest BCUT2D eigenvalue weighted by molar-refractivity contribution is -0.118. The molecule has 2 aromatic carbocycles. The van der Waals surface area contributed by atoms with Crippen LogP contribution in [0.5, 0.6) is 0 Å². The fourth-order valence-corrected chi connectivity index (χ4v) is 2.89. The van der Waals surface area contributed by atoms with Crippen LogP contribution >= 0.6 is 0 Å². The van der Waals surface area contributed by atoms with E-state index in [-0.39, 0.29) is 11.7 Å². The summed E-state index contributed by atoms with van der Waals surface area (Å²) in [7, 11) is 0. The molecular formula is C23H25N3O3. The minimum absolute atomic E-state index is 0.147. The van der Waals surface area contributed by atoms with Crippen LogP contribution < -0.4 is 10.6 Å². The second kappa shape index (κ2) is 11.4. The number of anilines is 1. The topological polar surface area (TPSA) is 99.1 Å². The SMILES string of the molecule is CC(=O)CCCCC[C@H](NC(=O)c1cccc(C#N)c1)C(=O)Nc1ccccc1. The average molecular weight is 391 g/mol. The van der Waals surface area contributed by atoms with Gasteiger partial charge in [0.2, 0.25) is 5.91 Å². The third-order valence-electron chi connectivity index (χ3n) is 4.44. The monoisotopic (exact) mass is 391 g/mol. The first kappa shape index (κ1) is 21.8. The highest BCUT2D eigenvalue weighted by Gasteiger charge is 2.21. The van der Waals surface area contributed by atoms with E-state index in [4.69, 9.17) is 5.26 Å². The molecule has 0 aliphatic carbocycles. The Morgan fingerprint density at radius 2 is 1.76 bits per heavy atom. The lowest BCUT2D eigenvalue weighted by atomic mass is 10.0. The Bertz CT molecular complexity index is 888. The summed E-state index contributed by atoms with van der Waals surface area (Å²) in [6.07, 6.45) is 3.25. The minimum atomic E-state index is -0.717. The van der Waals surface area contributed by atoms with Crippen molar-refractivity contribution in [3.63, 3.8) is 0 Å². The van der Waals surface area contributed by atoms with Gasteiger partial charge in [0.1, 0.15) is 11.8 Å². The van der Waals surface area contributed by atoms with Gasteiger partial charge in [0.05, 0.1) is 11.6 Å². The number of carbonyl (C=O) groups is 3. The van der Waals surface area contributed by atoms with E-state index < -0.39 is 11.9 Å². The molecule has 0 spiro atoms. The van der Waals surface area contributed by atoms with Gasteiger partial charge in [-0.15, -0.1) is 0 Å². The van der Waals surface area contributed by atoms with Gasteiger partial charge in [0.25, 0.3) is 5.91 Å². The Balaban J connectivity index is 2.04. The van der Waals surface area contributed by atoms with Crippen molar-refractivity contribution in [2.45, 2.75) is 45.1 Å². The molecule has 0 aliphatic heterocycles. The fraction of sp³-hybridized carbons (Fsp3) is 0.304. The van der Waals surface area contributed by atoms with Crippen LogP contribution in [0.3, 0.4) is 0 Å². The Labute approximate surface area is 170 Å². The Morgan fingerprint density at radius 1 is 1.00 bits per heavy atom. The molecule has 29 heavy (non-hydrogen) atoms. The number of nitriles is 1. The van der Waals surface area contributed by atoms with Gasteiger partial charge in [-0.2, -0.15) is 5.26 Å². The zero-order valence-corrected chi connectivity index (χ0v) is 16.5. The Morgan fingerprint density at radius 3 is 2.45 bits per heavy atom. The fourth-order valence-electron chi connectivity index (χ4n) is 2.89. The van der Waals surface area contributed by atoms with Crippen molar-refractivity contribution in [1.82, 2.24) is 5.32 Å². The molecule has 0 bridgehead atoms. The summed E-state index contributed by atoms with van der Waals surface area (Å²) in [6, 6.07) is 16.7. The zero-order chi connectivity index (χ0) is 21.1. The van der Waals surface area contributed by atoms with Gasteiger partial charge in [-0.1, -0.05) is 37.1 Å². The summed E-state index contributed by atoms with van der Waals surface area (Å²) in [5.74, 6) is -0.555. The number of benzene rings is 2. The highest BCUT2D eigenvalue weighted by atomic mass is 16.2. The summed E-state index contributed by atoms with van der Waals surface area (Å²) < 4.78 is 0. The number of unbranched alkanes of at least 4 members (excludes halogenated alkanes) is 2. The molecule has 0 unspecified atom stereocenters. The molecule has 0 radical (unpaired) electrons. The molecule has 2 aromatic rings. The van der Waals surface area contributed by atoms with Crippen molar-refractivity contribution < 1.29 is 14.4 Å². The molecule has 0 saturated heterocycles. The van der Waals surface area contributed by atoms with Crippen LogP contribution in [-0.2, 0) is 9.59 Å². The van der Waals surface area contributed by atoms with Crippen LogP contribution in [0.1, 0.15) is 54.9 Å². The van der Waals surface area contributed by atoms with Crippen molar-refractivity contribution in [2.24, 2.45) is 0 Å². The molecular weight excluding hydrogens is 366 g/mol. The average Bonchev–Trinajstić information content (AvgIpc) is 2.73. The summed E-state index contributed by atoms with van der Waals surface area (Å²) >= 11 is 0. The van der Waals surface area contributed by atoms with Gasteiger partial charge >= 0.3 is 0 Å². The van der Waals surface area contributed by atoms with Crippen molar-refractivity contribution in [3.8, 4) is 6.07 Å². The molecule has 0 heterocycles. The van der Waals surface area contributed by atoms with Gasteiger partial charge in [-0.25, -0.2) is 0 Å². The van der Waals surface area contributed by atoms with Gasteiger partial charge < -0.3 is 15.4 Å². The number of Topliss-reactive ketones (excluding diaryl/α,β-unsaturated/α-hetero) is 1. The molecule has 1 atom stereocenters. The number of ketones is 1. The third-order valence-corrected chi connectivity index (χ3v) is 4.44. The maximum atomic E-state index is 12.7. The highest BCUT2D eigenvalue weighted by Crippen LogP contribution is 2.12. The van der Waals surface area contributed by atoms with Crippen molar-refractivity contribution in [3.05, 3.63) is 65.7 Å². The van der Waals surface area contributed by atoms with Crippen molar-refractivity contribution in [2.75, 3.05) is 5.32 Å². The molecule has 0 saturated carbocycles. The van der Waals surface area contributed by atoms with E-state index in [1.165, 1.54) is 6.07 Å². The molecule has 0 fully saturated rings. The maximum Gasteiger partial charge on any atom is 0.251 e. The van der Waals surface area contributed by atoms with Crippen LogP contribution in [0.2, 0.25) is 0 Å². The zero-order valence-electron chi connectivity index (χ0n) is 16.5. The van der Waals surface area contributed by atoms with Gasteiger partial charge in [0, 0.05) is 17.7 Å². The van der Waals surface area contributed by atoms with Crippen molar-refractivity contribution in [1.29, 1.82) is 5.26 Å². The van der Waals surface area contributed by atoms with E-state index in [1.54, 1.807) is 37.3 Å². The van der Waals surface area contributed by atoms with E-state index in [1.807, 2.05) is 24.3 Å². The number of nitrogens with zero attached hydrogens (tertiary/aromatic N) is 1. The Hall–Kier alpha value is -3.46. The molecule has 6 nitrogen and oxygen atoms in total. The maximum absolute atomic E-state index is 12.7. The van der Waals surface area contributed by atoms with E-state index in [0.29, 0.717) is 36.1 Å². The largest absolute Gasteiger partial charge is 0.340 e. The number of hydrogen-bond donors (Lipinski definition) is 2. The minimum Gasteiger partial charge on any atom is -0.340 e. The van der Waals surface area contributed by atoms with Gasteiger partial charge in [-0.05, 0) is 50.1 Å². The van der Waals surface area contributed by atoms with Crippen LogP contribution in [0.4, 0.5) is 5.69 Å². The lowest BCUT2D eigenvalue weighted by Gasteiger charge is -2.19. The van der Waals surface area contributed by atoms with E-state index in [0.717, 1.165) is 12.8 Å². The first-order chi connectivity index (χ1) is 14.0. The quantitative estimate of drug-likeness (QED) is 0.601. The lowest BCUT2D eigenvalue weighted by Crippen LogP contribution is -2.43. The van der Waals surface area contributed by atoms with Crippen molar-refractivity contribution >= 4 is 23.3 Å². The first-order valence-electron chi connectivity index (χ1n) is 9.66. The third kappa shape index (κ3) is 7.59. The van der Waals surface area contributed by atoms with Gasteiger partial charge in [0.15, 0.2) is 0 Å². The number of nitrogens with one attached hydrogen (secondary N) is 2. The van der Waals surface area contributed by atoms with E-state index in [2.05, 4.69) is 10.6 Å². The Kier molecular flexibility index (Phi) is 8.58. The molecule has 150 valence electrons. The number of para-hydroxylation sites is 1. The van der Waals surface area contributed by atoms with Crippen LogP contribution in [0, 0.1) is 11.3 Å². The highest BCUT2D eigenvalue weighted by molar-refractivity contribution is 6.01. The molecule has 6 heteroatoms. The normalized spacial score (nSPS) is 11.2. The molecule has 0 aliphatic rings. The smallest absolute Gasteiger partial charge is 0.251 e. The van der Waals surface area contributed by atoms with Crippen LogP contribution in [0.25, 0.3) is 0 Å². The predicted octanol–water partition coefficient (Wildman–Crippen LogP) is 3.83. The summed E-state index contributed by atoms with van der Waals surface area (Å²) in [6.45, 7) is 1.56. The standard InChI is InChI=1S/C23H25N3O3/c1-17(27)9-4-2-7-14-21(23(29)25-20-12-5-3-6-13-20)26-22(28)19-11-8-10-18(15-19)16-24/h3,5-6,8,10-13,15,21H,2,4,7,9,14H2,1H3,(H,25,29)(H,26,28)/t21-/m0/s1. The number of hydrogen-bond acceptors (Lipinski definition) is 4. The summed E-state index contributed by atoms with van der Waals surface area (Å²) in [5.41, 5.74) is 1.37. The molecule has 2 rings (SSSR count). The number of amides is 2. The number of rotatable bonds is 10. The van der Waals surface area contributed by atoms with E-state index >= 15 is 0 Å². The molecule has 0 aromatic heterocycles. The van der Waals surface area contributed by atoms with E-state index in [9.17, 15) is 14.4 Å². The molecule has 2 amide bonds. The van der Waals surface area contributed by atoms with Crippen LogP contribution in [-0.4, -0.2) is 23.6 Å². The van der Waals surface area contributed by atoms with Crippen LogP contribution in [0.15, 0.2) is 54.6 Å². The van der Waals surface area contributed by atoms with Gasteiger partial charge in [-0.3, -0.25) is 9.59 Å². The first-order valence-corrected chi connectivity index (χ1v) is 9.66. The summed E-state index contributed by atoms with van der Waals surface area (Å²) in [5, 5.41) is 14.6. The number of carbonyl (C=O) groups excluding carboxylic acids is 3. The second-order valence-electron chi connectivity index (χ2n) is 6.88. The summed E-state index contributed by atoms with van der Waals surface area (Å²) in [4.78, 5) is 36.4.